The van der Waals surface area contributed by atoms with Crippen molar-refractivity contribution in [2.24, 2.45) is 0 Å². The smallest absolute Gasteiger partial charge is 0.0806 e. The Hall–Kier alpha value is 0.634. The summed E-state index contributed by atoms with van der Waals surface area (Å²) < 4.78 is 5.05. The molecule has 0 aromatic rings. The molecule has 2 nitrogen and oxygen atoms in total. The van der Waals surface area contributed by atoms with E-state index in [1.165, 1.54) is 0 Å². The summed E-state index contributed by atoms with van der Waals surface area (Å²) in [5, 5.41) is 8.44. The molecule has 0 bridgehead atoms. The van der Waals surface area contributed by atoms with Gasteiger partial charge < -0.3 is 9.84 Å². The Morgan fingerprint density at radius 2 is 2.38 bits per heavy atom. The van der Waals surface area contributed by atoms with Crippen LogP contribution in [0.15, 0.2) is 0 Å². The van der Waals surface area contributed by atoms with Crippen molar-refractivity contribution in [1.29, 1.82) is 0 Å². The number of rotatable bonds is 1. The molecule has 1 rings (SSSR count). The predicted molar refractivity (Wildman–Crippen MR) is 26.1 cm³/mol. The summed E-state index contributed by atoms with van der Waals surface area (Å²) >= 11 is 0. The molecule has 1 saturated heterocycles. The minimum absolute atomic E-state index is 0. The second-order valence-corrected chi connectivity index (χ2v) is 1.82. The van der Waals surface area contributed by atoms with Gasteiger partial charge in [0.2, 0.25) is 0 Å². The first kappa shape index (κ1) is 8.63. The first-order chi connectivity index (χ1) is 3.43. The van der Waals surface area contributed by atoms with Gasteiger partial charge in [-0.05, 0) is 12.8 Å². The van der Waals surface area contributed by atoms with Crippen molar-refractivity contribution in [3.05, 3.63) is 0 Å². The molecule has 0 amide bonds. The predicted octanol–water partition coefficient (Wildman–Crippen LogP) is 0.155. The van der Waals surface area contributed by atoms with Crippen molar-refractivity contribution in [2.75, 3.05) is 13.2 Å². The minimum atomic E-state index is 0. The first-order valence-electron chi connectivity index (χ1n) is 2.66. The summed E-state index contributed by atoms with van der Waals surface area (Å²) in [6.07, 6.45) is 2.31. The molecule has 0 radical (unpaired) electrons. The minimum Gasteiger partial charge on any atom is -0.394 e. The molecule has 1 heterocycles. The van der Waals surface area contributed by atoms with Crippen molar-refractivity contribution >= 4 is 0 Å². The van der Waals surface area contributed by atoms with E-state index >= 15 is 0 Å². The van der Waals surface area contributed by atoms with Crippen LogP contribution in [-0.2, 0) is 26.5 Å². The Kier molecular flexibility index (Phi) is 4.86. The monoisotopic (exact) mass is 150 g/mol. The zero-order chi connectivity index (χ0) is 5.11. The largest absolute Gasteiger partial charge is 0.394 e. The van der Waals surface area contributed by atoms with Crippen LogP contribution < -0.4 is 0 Å². The molecular formula is C5H10O2Ti. The topological polar surface area (TPSA) is 29.5 Å². The summed E-state index contributed by atoms with van der Waals surface area (Å²) in [7, 11) is 0. The molecule has 1 atom stereocenters. The average Bonchev–Trinajstić information content (AvgIpc) is 2.14. The van der Waals surface area contributed by atoms with Gasteiger partial charge >= 0.3 is 0 Å². The fraction of sp³-hybridized carbons (Fsp3) is 1.00. The summed E-state index contributed by atoms with van der Waals surface area (Å²) in [5.41, 5.74) is 0. The fourth-order valence-corrected chi connectivity index (χ4v) is 0.788. The Morgan fingerprint density at radius 3 is 2.62 bits per heavy atom. The average molecular weight is 150 g/mol. The normalized spacial score (nSPS) is 27.4. The van der Waals surface area contributed by atoms with Gasteiger partial charge in [0, 0.05) is 28.3 Å². The first-order valence-corrected chi connectivity index (χ1v) is 2.66. The Balaban J connectivity index is 0.000000490. The maximum Gasteiger partial charge on any atom is 0.0806 e. The van der Waals surface area contributed by atoms with Crippen LogP contribution in [0.3, 0.4) is 0 Å². The van der Waals surface area contributed by atoms with Crippen LogP contribution >= 0.6 is 0 Å². The van der Waals surface area contributed by atoms with E-state index in [0.29, 0.717) is 0 Å². The Morgan fingerprint density at radius 1 is 1.62 bits per heavy atom. The molecule has 0 aromatic carbocycles. The molecule has 1 N–H and O–H groups in total. The van der Waals surface area contributed by atoms with E-state index in [1.54, 1.807) is 0 Å². The molecule has 46 valence electrons. The van der Waals surface area contributed by atoms with E-state index in [1.807, 2.05) is 0 Å². The van der Waals surface area contributed by atoms with Crippen molar-refractivity contribution in [3.8, 4) is 0 Å². The molecular weight excluding hydrogens is 140 g/mol. The number of ether oxygens (including phenoxy) is 1. The van der Waals surface area contributed by atoms with E-state index in [9.17, 15) is 0 Å². The van der Waals surface area contributed by atoms with Crippen LogP contribution in [0.4, 0.5) is 0 Å². The van der Waals surface area contributed by atoms with Gasteiger partial charge in [0.1, 0.15) is 0 Å². The van der Waals surface area contributed by atoms with Crippen LogP contribution in [-0.4, -0.2) is 24.4 Å². The number of aliphatic hydroxyl groups is 1. The molecule has 1 aliphatic rings. The molecule has 0 saturated carbocycles. The van der Waals surface area contributed by atoms with E-state index in [0.717, 1.165) is 19.4 Å². The number of aliphatic hydroxyl groups excluding tert-OH is 1. The van der Waals surface area contributed by atoms with Crippen LogP contribution in [0.25, 0.3) is 0 Å². The zero-order valence-corrected chi connectivity index (χ0v) is 6.32. The zero-order valence-electron chi connectivity index (χ0n) is 4.76. The second kappa shape index (κ2) is 4.51. The molecule has 0 spiro atoms. The van der Waals surface area contributed by atoms with Crippen LogP contribution in [0.1, 0.15) is 12.8 Å². The Labute approximate surface area is 64.1 Å². The van der Waals surface area contributed by atoms with E-state index < -0.39 is 0 Å². The standard InChI is InChI=1S/C5H10O2.Ti/c6-4-5-2-1-3-7-5;/h5-6H,1-4H2;. The van der Waals surface area contributed by atoms with Crippen molar-refractivity contribution in [3.63, 3.8) is 0 Å². The molecule has 3 heteroatoms. The third kappa shape index (κ3) is 2.27. The van der Waals surface area contributed by atoms with Crippen molar-refractivity contribution < 1.29 is 31.6 Å². The van der Waals surface area contributed by atoms with Gasteiger partial charge in [-0.15, -0.1) is 0 Å². The molecule has 0 aliphatic carbocycles. The van der Waals surface area contributed by atoms with Gasteiger partial charge in [0.05, 0.1) is 12.7 Å². The van der Waals surface area contributed by atoms with Crippen LogP contribution in [0.5, 0.6) is 0 Å². The molecule has 1 aliphatic heterocycles. The maximum atomic E-state index is 8.44. The van der Waals surface area contributed by atoms with Gasteiger partial charge in [-0.3, -0.25) is 0 Å². The molecule has 8 heavy (non-hydrogen) atoms. The molecule has 1 unspecified atom stereocenters. The third-order valence-corrected chi connectivity index (χ3v) is 1.23. The quantitative estimate of drug-likeness (QED) is 0.539. The van der Waals surface area contributed by atoms with E-state index in [-0.39, 0.29) is 34.4 Å². The summed E-state index contributed by atoms with van der Waals surface area (Å²) in [4.78, 5) is 0. The summed E-state index contributed by atoms with van der Waals surface area (Å²) in [6.45, 7) is 1.03. The van der Waals surface area contributed by atoms with Crippen molar-refractivity contribution in [2.45, 2.75) is 18.9 Å². The van der Waals surface area contributed by atoms with Crippen LogP contribution in [0, 0.1) is 0 Å². The van der Waals surface area contributed by atoms with Gasteiger partial charge in [0.25, 0.3) is 0 Å². The Bertz CT molecular complexity index is 52.4. The number of hydrogen-bond acceptors (Lipinski definition) is 2. The fourth-order valence-electron chi connectivity index (χ4n) is 0.788. The van der Waals surface area contributed by atoms with Gasteiger partial charge in [-0.2, -0.15) is 0 Å². The summed E-state index contributed by atoms with van der Waals surface area (Å²) in [6, 6.07) is 0. The third-order valence-electron chi connectivity index (χ3n) is 1.23. The molecule has 1 fully saturated rings. The van der Waals surface area contributed by atoms with E-state index in [2.05, 4.69) is 0 Å². The van der Waals surface area contributed by atoms with Crippen molar-refractivity contribution in [1.82, 2.24) is 0 Å². The van der Waals surface area contributed by atoms with Gasteiger partial charge in [-0.25, -0.2) is 0 Å². The van der Waals surface area contributed by atoms with Gasteiger partial charge in [0.15, 0.2) is 0 Å². The second-order valence-electron chi connectivity index (χ2n) is 1.82. The molecule has 0 aromatic heterocycles. The van der Waals surface area contributed by atoms with E-state index in [4.69, 9.17) is 9.84 Å². The maximum absolute atomic E-state index is 8.44. The summed E-state index contributed by atoms with van der Waals surface area (Å²) in [5.74, 6) is 0. The number of hydrogen-bond donors (Lipinski definition) is 1. The SMILES string of the molecule is OCC1CCCO1.[Ti]. The van der Waals surface area contributed by atoms with Gasteiger partial charge in [-0.1, -0.05) is 0 Å². The van der Waals surface area contributed by atoms with Crippen LogP contribution in [0.2, 0.25) is 0 Å².